The highest BCUT2D eigenvalue weighted by Crippen LogP contribution is 2.45. The van der Waals surface area contributed by atoms with Crippen LogP contribution in [0.2, 0.25) is 0 Å². The van der Waals surface area contributed by atoms with Gasteiger partial charge in [-0.3, -0.25) is 4.90 Å². The van der Waals surface area contributed by atoms with Crippen molar-refractivity contribution in [2.24, 2.45) is 5.92 Å². The summed E-state index contributed by atoms with van der Waals surface area (Å²) in [5, 5.41) is 0. The molecule has 0 N–H and O–H groups in total. The fourth-order valence-electron chi connectivity index (χ4n) is 5.36. The second-order valence-corrected chi connectivity index (χ2v) is 9.03. The fraction of sp³-hybridized carbons (Fsp3) is 0.500. The average molecular weight is 383 g/mol. The average Bonchev–Trinajstić information content (AvgIpc) is 2.92. The van der Waals surface area contributed by atoms with E-state index in [0.717, 1.165) is 43.9 Å². The predicted octanol–water partition coefficient (Wildman–Crippen LogP) is 5.02. The first-order valence-corrected chi connectivity index (χ1v) is 10.3. The maximum atomic E-state index is 13.9. The van der Waals surface area contributed by atoms with Crippen molar-refractivity contribution in [3.8, 4) is 5.75 Å². The Morgan fingerprint density at radius 1 is 1.18 bits per heavy atom. The third-order valence-electron chi connectivity index (χ3n) is 6.45. The molecule has 4 rings (SSSR count). The molecule has 2 saturated heterocycles. The summed E-state index contributed by atoms with van der Waals surface area (Å²) in [6, 6.07) is 14.0. The van der Waals surface area contributed by atoms with E-state index in [2.05, 4.69) is 54.8 Å². The Kier molecular flexibility index (Phi) is 5.09. The van der Waals surface area contributed by atoms with E-state index >= 15 is 0 Å². The van der Waals surface area contributed by atoms with Gasteiger partial charge in [0.2, 0.25) is 0 Å². The van der Waals surface area contributed by atoms with Gasteiger partial charge in [0.15, 0.2) is 0 Å². The Morgan fingerprint density at radius 3 is 2.75 bits per heavy atom. The van der Waals surface area contributed by atoms with Gasteiger partial charge < -0.3 is 9.64 Å². The molecule has 3 nitrogen and oxygen atoms in total. The van der Waals surface area contributed by atoms with E-state index in [0.29, 0.717) is 12.0 Å². The van der Waals surface area contributed by atoms with Crippen molar-refractivity contribution < 1.29 is 9.13 Å². The molecule has 0 amide bonds. The molecule has 0 aromatic heterocycles. The summed E-state index contributed by atoms with van der Waals surface area (Å²) in [7, 11) is 1.75. The minimum atomic E-state index is -0.152. The van der Waals surface area contributed by atoms with Crippen LogP contribution in [0.4, 0.5) is 10.1 Å². The van der Waals surface area contributed by atoms with Gasteiger partial charge in [0.05, 0.1) is 7.11 Å². The second-order valence-electron chi connectivity index (χ2n) is 9.03. The van der Waals surface area contributed by atoms with Crippen molar-refractivity contribution in [2.75, 3.05) is 25.1 Å². The monoisotopic (exact) mass is 382 g/mol. The molecule has 2 atom stereocenters. The van der Waals surface area contributed by atoms with Gasteiger partial charge in [-0.15, -0.1) is 0 Å². The first kappa shape index (κ1) is 19.3. The molecule has 0 spiro atoms. The number of ether oxygens (including phenoxy) is 1. The zero-order valence-electron chi connectivity index (χ0n) is 17.4. The molecule has 150 valence electrons. The number of likely N-dealkylation sites (tertiary alicyclic amines) is 1. The number of nitrogens with zero attached hydrogens (tertiary/aromatic N) is 2. The molecule has 0 aliphatic carbocycles. The van der Waals surface area contributed by atoms with Gasteiger partial charge in [-0.1, -0.05) is 18.2 Å². The largest absolute Gasteiger partial charge is 0.496 e. The quantitative estimate of drug-likeness (QED) is 0.738. The van der Waals surface area contributed by atoms with Crippen LogP contribution in [0.3, 0.4) is 0 Å². The first-order chi connectivity index (χ1) is 13.4. The van der Waals surface area contributed by atoms with Crippen LogP contribution in [0.5, 0.6) is 5.75 Å². The Hall–Kier alpha value is -2.07. The molecule has 2 heterocycles. The van der Waals surface area contributed by atoms with Crippen molar-refractivity contribution in [3.05, 3.63) is 59.4 Å². The molecule has 2 aromatic carbocycles. The van der Waals surface area contributed by atoms with E-state index in [9.17, 15) is 4.39 Å². The Bertz CT molecular complexity index is 850. The highest BCUT2D eigenvalue weighted by Gasteiger charge is 2.48. The van der Waals surface area contributed by atoms with Gasteiger partial charge in [0.1, 0.15) is 11.6 Å². The summed E-state index contributed by atoms with van der Waals surface area (Å²) in [5.41, 5.74) is 3.54. The Balaban J connectivity index is 1.51. The number of aryl methyl sites for hydroxylation is 1. The summed E-state index contributed by atoms with van der Waals surface area (Å²) in [5.74, 6) is 1.43. The third kappa shape index (κ3) is 3.62. The number of rotatable bonds is 4. The Morgan fingerprint density at radius 2 is 2.00 bits per heavy atom. The third-order valence-corrected chi connectivity index (χ3v) is 6.45. The van der Waals surface area contributed by atoms with Crippen LogP contribution in [-0.2, 0) is 6.54 Å². The zero-order chi connectivity index (χ0) is 19.9. The van der Waals surface area contributed by atoms with Crippen molar-refractivity contribution in [2.45, 2.75) is 51.7 Å². The standard InChI is InChI=1S/C24H31FN2O/c1-17-8-9-18(23(12-17)28-4)15-26-11-10-22-19(16-26)14-24(2,3)27(22)21-7-5-6-20(25)13-21/h5-9,12-13,19,22H,10-11,14-16H2,1-4H3/t19-,22+/m1/s1. The molecular formula is C24H31FN2O. The predicted molar refractivity (Wildman–Crippen MR) is 112 cm³/mol. The summed E-state index contributed by atoms with van der Waals surface area (Å²) < 4.78 is 19.5. The van der Waals surface area contributed by atoms with Crippen molar-refractivity contribution in [1.29, 1.82) is 0 Å². The summed E-state index contributed by atoms with van der Waals surface area (Å²) in [4.78, 5) is 5.03. The van der Waals surface area contributed by atoms with Gasteiger partial charge in [-0.25, -0.2) is 4.39 Å². The number of benzene rings is 2. The lowest BCUT2D eigenvalue weighted by Crippen LogP contribution is -2.48. The molecule has 0 radical (unpaired) electrons. The molecule has 0 unspecified atom stereocenters. The van der Waals surface area contributed by atoms with Crippen LogP contribution in [-0.4, -0.2) is 36.7 Å². The van der Waals surface area contributed by atoms with Crippen LogP contribution in [0.1, 0.15) is 37.8 Å². The lowest BCUT2D eigenvalue weighted by molar-refractivity contribution is 0.159. The maximum Gasteiger partial charge on any atom is 0.125 e. The number of hydrogen-bond acceptors (Lipinski definition) is 3. The number of piperidine rings is 1. The zero-order valence-corrected chi connectivity index (χ0v) is 17.4. The molecule has 2 aliphatic heterocycles. The van der Waals surface area contributed by atoms with Crippen LogP contribution < -0.4 is 9.64 Å². The lowest BCUT2D eigenvalue weighted by atomic mass is 9.89. The van der Waals surface area contributed by atoms with Crippen LogP contribution in [0, 0.1) is 18.7 Å². The molecule has 28 heavy (non-hydrogen) atoms. The maximum absolute atomic E-state index is 13.9. The van der Waals surface area contributed by atoms with Crippen molar-refractivity contribution >= 4 is 5.69 Å². The van der Waals surface area contributed by atoms with Gasteiger partial charge in [-0.2, -0.15) is 0 Å². The van der Waals surface area contributed by atoms with Crippen LogP contribution in [0.15, 0.2) is 42.5 Å². The molecule has 2 fully saturated rings. The molecule has 0 bridgehead atoms. The van der Waals surface area contributed by atoms with Gasteiger partial charge in [0, 0.05) is 42.5 Å². The number of methoxy groups -OCH3 is 1. The second kappa shape index (κ2) is 7.40. The Labute approximate surface area is 168 Å². The summed E-state index contributed by atoms with van der Waals surface area (Å²) in [6.45, 7) is 9.75. The van der Waals surface area contributed by atoms with Crippen molar-refractivity contribution in [3.63, 3.8) is 0 Å². The minimum absolute atomic E-state index is 0.0423. The number of anilines is 1. The number of fused-ring (bicyclic) bond motifs is 1. The van der Waals surface area contributed by atoms with Crippen molar-refractivity contribution in [1.82, 2.24) is 4.90 Å². The highest BCUT2D eigenvalue weighted by molar-refractivity contribution is 5.52. The van der Waals surface area contributed by atoms with E-state index in [-0.39, 0.29) is 11.4 Å². The topological polar surface area (TPSA) is 15.7 Å². The molecular weight excluding hydrogens is 351 g/mol. The van der Waals surface area contributed by atoms with Crippen LogP contribution in [0.25, 0.3) is 0 Å². The van der Waals surface area contributed by atoms with Gasteiger partial charge >= 0.3 is 0 Å². The number of hydrogen-bond donors (Lipinski definition) is 0. The van der Waals surface area contributed by atoms with Crippen LogP contribution >= 0.6 is 0 Å². The lowest BCUT2D eigenvalue weighted by Gasteiger charge is -2.42. The van der Waals surface area contributed by atoms with E-state index in [1.54, 1.807) is 13.2 Å². The fourth-order valence-corrected chi connectivity index (χ4v) is 5.36. The number of halogens is 1. The minimum Gasteiger partial charge on any atom is -0.496 e. The van der Waals surface area contributed by atoms with E-state index < -0.39 is 0 Å². The van der Waals surface area contributed by atoms with E-state index in [4.69, 9.17) is 4.74 Å². The SMILES string of the molecule is COc1cc(C)ccc1CN1CC[C@H]2[C@@H](C1)CC(C)(C)N2c1cccc(F)c1. The smallest absolute Gasteiger partial charge is 0.125 e. The highest BCUT2D eigenvalue weighted by atomic mass is 19.1. The first-order valence-electron chi connectivity index (χ1n) is 10.3. The molecule has 2 aromatic rings. The van der Waals surface area contributed by atoms with E-state index in [1.165, 1.54) is 17.2 Å². The normalized spacial score (nSPS) is 24.2. The summed E-state index contributed by atoms with van der Waals surface area (Å²) >= 11 is 0. The molecule has 2 aliphatic rings. The molecule has 0 saturated carbocycles. The van der Waals surface area contributed by atoms with Gasteiger partial charge in [-0.05, 0) is 69.4 Å². The van der Waals surface area contributed by atoms with E-state index in [1.807, 2.05) is 6.07 Å². The molecule has 4 heteroatoms. The summed E-state index contributed by atoms with van der Waals surface area (Å²) in [6.07, 6.45) is 2.24. The van der Waals surface area contributed by atoms with Gasteiger partial charge in [0.25, 0.3) is 0 Å².